The lowest BCUT2D eigenvalue weighted by Gasteiger charge is -2.42. The first kappa shape index (κ1) is 29.8. The summed E-state index contributed by atoms with van der Waals surface area (Å²) in [6.07, 6.45) is 1.88. The molecule has 0 bridgehead atoms. The molecular weight excluding hydrogens is 548 g/mol. The summed E-state index contributed by atoms with van der Waals surface area (Å²) in [5.74, 6) is 0.110. The molecule has 4 aromatic rings. The number of benzene rings is 2. The Kier molecular flexibility index (Phi) is 8.36. The Morgan fingerprint density at radius 1 is 0.705 bits per heavy atom. The highest BCUT2D eigenvalue weighted by Crippen LogP contribution is 2.27. The molecule has 0 aliphatic carbocycles. The van der Waals surface area contributed by atoms with Crippen molar-refractivity contribution >= 4 is 11.8 Å². The molecular formula is C36H42N6O2. The molecule has 228 valence electrons. The summed E-state index contributed by atoms with van der Waals surface area (Å²) in [6, 6.07) is 26.3. The Labute approximate surface area is 260 Å². The van der Waals surface area contributed by atoms with Crippen molar-refractivity contribution in [1.82, 2.24) is 29.5 Å². The molecule has 0 spiro atoms. The standard InChI is InChI=1S/C36H42N6O2/c1-36(2,3)33-25-32(39(4)38-33)35(44)41-17-15-29(16-18-41)40-19-21-42(22-20-40)34(43)28-23-30(26-11-7-5-8-12-26)37-31(24-28)27-13-9-6-10-14-27/h5-14,23-25,29H,15-22H2,1-4H3. The van der Waals surface area contributed by atoms with Crippen LogP contribution in [0.3, 0.4) is 0 Å². The predicted octanol–water partition coefficient (Wildman–Crippen LogP) is 5.51. The van der Waals surface area contributed by atoms with E-state index >= 15 is 0 Å². The quantitative estimate of drug-likeness (QED) is 0.307. The number of aromatic nitrogens is 3. The van der Waals surface area contributed by atoms with Gasteiger partial charge in [-0.2, -0.15) is 5.10 Å². The molecule has 6 rings (SSSR count). The second-order valence-electron chi connectivity index (χ2n) is 13.0. The number of aryl methyl sites for hydroxylation is 1. The van der Waals surface area contributed by atoms with E-state index in [0.717, 1.165) is 67.2 Å². The monoisotopic (exact) mass is 590 g/mol. The topological polar surface area (TPSA) is 74.6 Å². The SMILES string of the molecule is Cn1nc(C(C)(C)C)cc1C(=O)N1CCC(N2CCN(C(=O)c3cc(-c4ccccc4)nc(-c4ccccc4)c3)CC2)CC1. The van der Waals surface area contributed by atoms with Crippen molar-refractivity contribution in [2.24, 2.45) is 7.05 Å². The highest BCUT2D eigenvalue weighted by atomic mass is 16.2. The van der Waals surface area contributed by atoms with Crippen LogP contribution in [0.5, 0.6) is 0 Å². The van der Waals surface area contributed by atoms with E-state index in [1.165, 1.54) is 0 Å². The smallest absolute Gasteiger partial charge is 0.272 e. The summed E-state index contributed by atoms with van der Waals surface area (Å²) >= 11 is 0. The molecule has 2 amide bonds. The number of rotatable bonds is 5. The Balaban J connectivity index is 1.09. The Morgan fingerprint density at radius 2 is 1.23 bits per heavy atom. The molecule has 2 aliphatic rings. The van der Waals surface area contributed by atoms with E-state index in [1.807, 2.05) is 95.7 Å². The van der Waals surface area contributed by atoms with Crippen molar-refractivity contribution in [2.45, 2.75) is 45.1 Å². The Bertz CT molecular complexity index is 1550. The Morgan fingerprint density at radius 3 is 1.73 bits per heavy atom. The number of amides is 2. The van der Waals surface area contributed by atoms with Crippen LogP contribution in [0.15, 0.2) is 78.9 Å². The average Bonchev–Trinajstić information content (AvgIpc) is 3.47. The molecule has 0 N–H and O–H groups in total. The third-order valence-electron chi connectivity index (χ3n) is 8.95. The van der Waals surface area contributed by atoms with Crippen molar-refractivity contribution in [1.29, 1.82) is 0 Å². The molecule has 4 heterocycles. The maximum absolute atomic E-state index is 13.8. The number of carbonyl (C=O) groups excluding carboxylic acids is 2. The van der Waals surface area contributed by atoms with Gasteiger partial charge in [-0.25, -0.2) is 4.98 Å². The molecule has 2 aromatic heterocycles. The van der Waals surface area contributed by atoms with E-state index in [1.54, 1.807) is 4.68 Å². The zero-order valence-corrected chi connectivity index (χ0v) is 26.2. The summed E-state index contributed by atoms with van der Waals surface area (Å²) in [5, 5.41) is 4.59. The maximum atomic E-state index is 13.8. The first-order valence-electron chi connectivity index (χ1n) is 15.7. The lowest BCUT2D eigenvalue weighted by molar-refractivity contribution is 0.0408. The minimum Gasteiger partial charge on any atom is -0.337 e. The number of pyridine rings is 1. The number of piperidine rings is 1. The zero-order chi connectivity index (χ0) is 30.8. The fourth-order valence-electron chi connectivity index (χ4n) is 6.27. The highest BCUT2D eigenvalue weighted by Gasteiger charge is 2.32. The van der Waals surface area contributed by atoms with E-state index in [0.29, 0.717) is 30.4 Å². The van der Waals surface area contributed by atoms with E-state index < -0.39 is 0 Å². The van der Waals surface area contributed by atoms with Gasteiger partial charge in [0.2, 0.25) is 0 Å². The molecule has 0 radical (unpaired) electrons. The van der Waals surface area contributed by atoms with Crippen LogP contribution in [0.25, 0.3) is 22.5 Å². The number of nitrogens with zero attached hydrogens (tertiary/aromatic N) is 6. The van der Waals surface area contributed by atoms with Gasteiger partial charge in [-0.3, -0.25) is 19.2 Å². The third kappa shape index (κ3) is 6.31. The van der Waals surface area contributed by atoms with Gasteiger partial charge in [-0.05, 0) is 31.0 Å². The number of carbonyl (C=O) groups is 2. The summed E-state index contributed by atoms with van der Waals surface area (Å²) in [7, 11) is 1.85. The first-order valence-corrected chi connectivity index (χ1v) is 15.7. The van der Waals surface area contributed by atoms with Gasteiger partial charge in [0, 0.05) is 74.5 Å². The van der Waals surface area contributed by atoms with Crippen LogP contribution in [0, 0.1) is 0 Å². The molecule has 2 aliphatic heterocycles. The molecule has 0 unspecified atom stereocenters. The Hall–Kier alpha value is -4.30. The minimum atomic E-state index is -0.0986. The minimum absolute atomic E-state index is 0.0487. The van der Waals surface area contributed by atoms with Crippen LogP contribution in [0.2, 0.25) is 0 Å². The van der Waals surface area contributed by atoms with Crippen LogP contribution in [-0.2, 0) is 12.5 Å². The van der Waals surface area contributed by atoms with Crippen LogP contribution in [0.1, 0.15) is 60.2 Å². The van der Waals surface area contributed by atoms with Gasteiger partial charge in [0.05, 0.1) is 17.1 Å². The summed E-state index contributed by atoms with van der Waals surface area (Å²) in [4.78, 5) is 38.5. The molecule has 2 aromatic carbocycles. The van der Waals surface area contributed by atoms with Gasteiger partial charge in [0.1, 0.15) is 5.69 Å². The predicted molar refractivity (Wildman–Crippen MR) is 173 cm³/mol. The number of hydrogen-bond donors (Lipinski definition) is 0. The maximum Gasteiger partial charge on any atom is 0.272 e. The number of piperazine rings is 1. The van der Waals surface area contributed by atoms with Gasteiger partial charge in [0.15, 0.2) is 0 Å². The molecule has 0 saturated carbocycles. The highest BCUT2D eigenvalue weighted by molar-refractivity contribution is 5.96. The fourth-order valence-corrected chi connectivity index (χ4v) is 6.27. The van der Waals surface area contributed by atoms with Gasteiger partial charge in [-0.1, -0.05) is 81.4 Å². The van der Waals surface area contributed by atoms with E-state index in [-0.39, 0.29) is 17.2 Å². The average molecular weight is 591 g/mol. The van der Waals surface area contributed by atoms with E-state index in [4.69, 9.17) is 4.98 Å². The summed E-state index contributed by atoms with van der Waals surface area (Å²) in [6.45, 7) is 10.9. The largest absolute Gasteiger partial charge is 0.337 e. The lowest BCUT2D eigenvalue weighted by Crippen LogP contribution is -2.54. The lowest BCUT2D eigenvalue weighted by atomic mass is 9.92. The van der Waals surface area contributed by atoms with Gasteiger partial charge in [-0.15, -0.1) is 0 Å². The number of likely N-dealkylation sites (tertiary alicyclic amines) is 1. The zero-order valence-electron chi connectivity index (χ0n) is 26.2. The molecule has 2 fully saturated rings. The van der Waals surface area contributed by atoms with E-state index in [9.17, 15) is 9.59 Å². The third-order valence-corrected chi connectivity index (χ3v) is 8.95. The van der Waals surface area contributed by atoms with Gasteiger partial charge in [0.25, 0.3) is 11.8 Å². The van der Waals surface area contributed by atoms with Crippen molar-refractivity contribution < 1.29 is 9.59 Å². The van der Waals surface area contributed by atoms with Crippen LogP contribution < -0.4 is 0 Å². The molecule has 8 heteroatoms. The molecule has 0 atom stereocenters. The fraction of sp³-hybridized carbons (Fsp3) is 0.389. The normalized spacial score (nSPS) is 16.7. The first-order chi connectivity index (χ1) is 21.2. The van der Waals surface area contributed by atoms with Crippen molar-refractivity contribution in [3.8, 4) is 22.5 Å². The van der Waals surface area contributed by atoms with Gasteiger partial charge >= 0.3 is 0 Å². The summed E-state index contributed by atoms with van der Waals surface area (Å²) in [5.41, 5.74) is 5.75. The molecule has 8 nitrogen and oxygen atoms in total. The van der Waals surface area contributed by atoms with E-state index in [2.05, 4.69) is 30.8 Å². The molecule has 44 heavy (non-hydrogen) atoms. The summed E-state index contributed by atoms with van der Waals surface area (Å²) < 4.78 is 1.72. The van der Waals surface area contributed by atoms with Crippen LogP contribution in [-0.4, -0.2) is 86.6 Å². The number of hydrogen-bond acceptors (Lipinski definition) is 5. The van der Waals surface area contributed by atoms with Gasteiger partial charge < -0.3 is 9.80 Å². The van der Waals surface area contributed by atoms with Crippen molar-refractivity contribution in [3.05, 3.63) is 95.8 Å². The van der Waals surface area contributed by atoms with Crippen molar-refractivity contribution in [2.75, 3.05) is 39.3 Å². The second kappa shape index (κ2) is 12.4. The second-order valence-corrected chi connectivity index (χ2v) is 13.0. The van der Waals surface area contributed by atoms with Crippen molar-refractivity contribution in [3.63, 3.8) is 0 Å². The van der Waals surface area contributed by atoms with Crippen LogP contribution in [0.4, 0.5) is 0 Å². The van der Waals surface area contributed by atoms with Crippen LogP contribution >= 0.6 is 0 Å². The molecule has 2 saturated heterocycles.